The van der Waals surface area contributed by atoms with Crippen LogP contribution in [0.15, 0.2) is 60.8 Å². The Hall–Kier alpha value is -3.30. The summed E-state index contributed by atoms with van der Waals surface area (Å²) in [5.74, 6) is 0.129. The molecule has 0 unspecified atom stereocenters. The molecule has 2 aromatic carbocycles. The van der Waals surface area contributed by atoms with Crippen molar-refractivity contribution >= 4 is 5.78 Å². The van der Waals surface area contributed by atoms with Gasteiger partial charge in [0, 0.05) is 11.8 Å². The van der Waals surface area contributed by atoms with Crippen LogP contribution in [0, 0.1) is 0 Å². The minimum Gasteiger partial charge on any atom is -0.457 e. The molecule has 0 amide bonds. The third-order valence-electron chi connectivity index (χ3n) is 3.91. The number of ether oxygens (including phenoxy) is 1. The molecule has 1 aromatic heterocycles. The molecular formula is C20H15F3N2O4. The predicted octanol–water partition coefficient (Wildman–Crippen LogP) is 3.49. The topological polar surface area (TPSA) is 92.5 Å². The van der Waals surface area contributed by atoms with E-state index in [1.54, 1.807) is 24.3 Å². The van der Waals surface area contributed by atoms with Crippen molar-refractivity contribution < 1.29 is 32.9 Å². The highest BCUT2D eigenvalue weighted by atomic mass is 19.4. The molecule has 0 fully saturated rings. The zero-order valence-corrected chi connectivity index (χ0v) is 14.8. The molecule has 9 heteroatoms. The molecule has 1 atom stereocenters. The number of ketones is 1. The summed E-state index contributed by atoms with van der Waals surface area (Å²) in [5, 5.41) is 18.3. The first-order chi connectivity index (χ1) is 13.8. The van der Waals surface area contributed by atoms with Crippen molar-refractivity contribution in [3.05, 3.63) is 72.1 Å². The number of carbonyl (C=O) groups is 1. The fourth-order valence-electron chi connectivity index (χ4n) is 2.41. The molecule has 0 saturated carbocycles. The van der Waals surface area contributed by atoms with E-state index in [1.807, 2.05) is 0 Å². The Morgan fingerprint density at radius 1 is 1.00 bits per heavy atom. The number of benzene rings is 2. The molecule has 0 bridgehead atoms. The molecule has 29 heavy (non-hydrogen) atoms. The molecule has 0 radical (unpaired) electrons. The SMILES string of the molecule is O=C(c1ccnc(-c2ccc(Oc3ccc(C(F)(F)F)cc3)cc2)n1)[C@H](O)CO. The number of Topliss-reactive ketones (excluding diaryl/α,β-unsaturated/α-hetero) is 1. The molecule has 0 spiro atoms. The summed E-state index contributed by atoms with van der Waals surface area (Å²) < 4.78 is 43.3. The first-order valence-corrected chi connectivity index (χ1v) is 8.39. The largest absolute Gasteiger partial charge is 0.457 e. The number of hydrogen-bond acceptors (Lipinski definition) is 6. The van der Waals surface area contributed by atoms with Gasteiger partial charge in [-0.15, -0.1) is 0 Å². The number of aliphatic hydroxyl groups excluding tert-OH is 2. The van der Waals surface area contributed by atoms with Crippen molar-refractivity contribution in [1.82, 2.24) is 9.97 Å². The van der Waals surface area contributed by atoms with E-state index in [-0.39, 0.29) is 17.3 Å². The maximum absolute atomic E-state index is 12.6. The second kappa shape index (κ2) is 8.38. The number of hydrogen-bond donors (Lipinski definition) is 2. The second-order valence-electron chi connectivity index (χ2n) is 5.98. The van der Waals surface area contributed by atoms with Gasteiger partial charge in [0.25, 0.3) is 0 Å². The Bertz CT molecular complexity index is 990. The highest BCUT2D eigenvalue weighted by molar-refractivity contribution is 5.97. The summed E-state index contributed by atoms with van der Waals surface area (Å²) in [4.78, 5) is 20.1. The molecule has 0 aliphatic carbocycles. The lowest BCUT2D eigenvalue weighted by atomic mass is 10.1. The molecule has 3 aromatic rings. The smallest absolute Gasteiger partial charge is 0.416 e. The van der Waals surface area contributed by atoms with Crippen molar-refractivity contribution in [1.29, 1.82) is 0 Å². The summed E-state index contributed by atoms with van der Waals surface area (Å²) in [6, 6.07) is 12.0. The van der Waals surface area contributed by atoms with Crippen LogP contribution in [0.3, 0.4) is 0 Å². The summed E-state index contributed by atoms with van der Waals surface area (Å²) in [6.45, 7) is -0.714. The number of nitrogens with zero attached hydrogens (tertiary/aromatic N) is 2. The van der Waals surface area contributed by atoms with Gasteiger partial charge in [0.2, 0.25) is 5.78 Å². The van der Waals surface area contributed by atoms with Crippen LogP contribution in [-0.2, 0) is 6.18 Å². The monoisotopic (exact) mass is 404 g/mol. The molecule has 150 valence electrons. The van der Waals surface area contributed by atoms with E-state index in [0.717, 1.165) is 12.1 Å². The van der Waals surface area contributed by atoms with E-state index < -0.39 is 30.2 Å². The summed E-state index contributed by atoms with van der Waals surface area (Å²) >= 11 is 0. The van der Waals surface area contributed by atoms with Crippen LogP contribution in [-0.4, -0.2) is 38.7 Å². The van der Waals surface area contributed by atoms with Gasteiger partial charge in [0.1, 0.15) is 23.3 Å². The fraction of sp³-hybridized carbons (Fsp3) is 0.150. The van der Waals surface area contributed by atoms with Gasteiger partial charge in [0.05, 0.1) is 12.2 Å². The number of halogens is 3. The van der Waals surface area contributed by atoms with Gasteiger partial charge >= 0.3 is 6.18 Å². The van der Waals surface area contributed by atoms with Crippen LogP contribution in [0.2, 0.25) is 0 Å². The quantitative estimate of drug-likeness (QED) is 0.611. The van der Waals surface area contributed by atoms with Crippen LogP contribution in [0.1, 0.15) is 16.1 Å². The molecule has 0 saturated heterocycles. The van der Waals surface area contributed by atoms with E-state index in [1.165, 1.54) is 24.4 Å². The third kappa shape index (κ3) is 4.95. The predicted molar refractivity (Wildman–Crippen MR) is 96.4 cm³/mol. The van der Waals surface area contributed by atoms with Crippen LogP contribution >= 0.6 is 0 Å². The third-order valence-corrected chi connectivity index (χ3v) is 3.91. The zero-order chi connectivity index (χ0) is 21.0. The Kier molecular flexibility index (Phi) is 5.90. The van der Waals surface area contributed by atoms with Crippen LogP contribution < -0.4 is 4.74 Å². The van der Waals surface area contributed by atoms with Crippen LogP contribution in [0.5, 0.6) is 11.5 Å². The normalized spacial score (nSPS) is 12.4. The van der Waals surface area contributed by atoms with E-state index in [9.17, 15) is 23.1 Å². The van der Waals surface area contributed by atoms with Crippen molar-refractivity contribution in [2.24, 2.45) is 0 Å². The highest BCUT2D eigenvalue weighted by Crippen LogP contribution is 2.31. The van der Waals surface area contributed by atoms with E-state index in [4.69, 9.17) is 9.84 Å². The second-order valence-corrected chi connectivity index (χ2v) is 5.98. The summed E-state index contributed by atoms with van der Waals surface area (Å²) in [6.07, 6.45) is -4.62. The molecule has 1 heterocycles. The van der Waals surface area contributed by atoms with Crippen molar-refractivity contribution in [2.75, 3.05) is 6.61 Å². The van der Waals surface area contributed by atoms with Gasteiger partial charge < -0.3 is 14.9 Å². The van der Waals surface area contributed by atoms with Gasteiger partial charge in [-0.1, -0.05) is 0 Å². The molecule has 0 aliphatic rings. The Morgan fingerprint density at radius 3 is 2.14 bits per heavy atom. The van der Waals surface area contributed by atoms with Crippen molar-refractivity contribution in [3.8, 4) is 22.9 Å². The number of rotatable bonds is 6. The van der Waals surface area contributed by atoms with Gasteiger partial charge in [-0.05, 0) is 54.6 Å². The number of aromatic nitrogens is 2. The Labute approximate surface area is 163 Å². The zero-order valence-electron chi connectivity index (χ0n) is 14.8. The molecule has 3 rings (SSSR count). The maximum atomic E-state index is 12.6. The maximum Gasteiger partial charge on any atom is 0.416 e. The number of alkyl halides is 3. The Morgan fingerprint density at radius 2 is 1.59 bits per heavy atom. The summed E-state index contributed by atoms with van der Waals surface area (Å²) in [7, 11) is 0. The van der Waals surface area contributed by atoms with Crippen LogP contribution in [0.4, 0.5) is 13.2 Å². The van der Waals surface area contributed by atoms with Crippen molar-refractivity contribution in [2.45, 2.75) is 12.3 Å². The van der Waals surface area contributed by atoms with E-state index in [0.29, 0.717) is 11.3 Å². The van der Waals surface area contributed by atoms with Gasteiger partial charge in [0.15, 0.2) is 5.82 Å². The lowest BCUT2D eigenvalue weighted by molar-refractivity contribution is -0.137. The first-order valence-electron chi connectivity index (χ1n) is 8.39. The molecule has 2 N–H and O–H groups in total. The standard InChI is InChI=1S/C20H15F3N2O4/c21-20(22,23)13-3-7-15(8-4-13)29-14-5-1-12(2-6-14)19-24-10-9-16(25-19)18(28)17(27)11-26/h1-10,17,26-27H,11H2/t17-/m1/s1. The minimum absolute atomic E-state index is 0.0402. The van der Waals surface area contributed by atoms with Gasteiger partial charge in [-0.25, -0.2) is 9.97 Å². The van der Waals surface area contributed by atoms with Crippen molar-refractivity contribution in [3.63, 3.8) is 0 Å². The highest BCUT2D eigenvalue weighted by Gasteiger charge is 2.30. The average Bonchev–Trinajstić information content (AvgIpc) is 2.73. The fourth-order valence-corrected chi connectivity index (χ4v) is 2.41. The minimum atomic E-state index is -4.41. The van der Waals surface area contributed by atoms with Gasteiger partial charge in [-0.2, -0.15) is 13.2 Å². The Balaban J connectivity index is 1.74. The molecular weight excluding hydrogens is 389 g/mol. The summed E-state index contributed by atoms with van der Waals surface area (Å²) in [5.41, 5.74) is -0.252. The first kappa shape index (κ1) is 20.4. The van der Waals surface area contributed by atoms with E-state index >= 15 is 0 Å². The number of aliphatic hydroxyl groups is 2. The number of carbonyl (C=O) groups excluding carboxylic acids is 1. The van der Waals surface area contributed by atoms with Crippen LogP contribution in [0.25, 0.3) is 11.4 Å². The lowest BCUT2D eigenvalue weighted by Gasteiger charge is -2.10. The molecule has 0 aliphatic heterocycles. The van der Waals surface area contributed by atoms with E-state index in [2.05, 4.69) is 9.97 Å². The van der Waals surface area contributed by atoms with Gasteiger partial charge in [-0.3, -0.25) is 4.79 Å². The molecule has 6 nitrogen and oxygen atoms in total. The average molecular weight is 404 g/mol. The lowest BCUT2D eigenvalue weighted by Crippen LogP contribution is -2.25.